The fraction of sp³-hybridized carbons (Fsp3) is 0.111. The van der Waals surface area contributed by atoms with E-state index in [4.69, 9.17) is 4.74 Å². The SMILES string of the molecule is C=CC(=O)NCc1ccc(C(=O)Oc2ccc([N+](=O)[O-])c(C)c2)cc1. The summed E-state index contributed by atoms with van der Waals surface area (Å²) >= 11 is 0. The molecule has 2 rings (SSSR count). The molecule has 0 saturated heterocycles. The minimum atomic E-state index is -0.574. The molecule has 128 valence electrons. The van der Waals surface area contributed by atoms with Gasteiger partial charge in [-0.2, -0.15) is 0 Å². The summed E-state index contributed by atoms with van der Waals surface area (Å²) in [5.74, 6) is -0.623. The van der Waals surface area contributed by atoms with E-state index in [0.717, 1.165) is 5.56 Å². The number of nitro benzene ring substituents is 1. The van der Waals surface area contributed by atoms with Crippen molar-refractivity contribution in [3.8, 4) is 5.75 Å². The number of ether oxygens (including phenoxy) is 1. The van der Waals surface area contributed by atoms with E-state index in [9.17, 15) is 19.7 Å². The number of nitrogens with one attached hydrogen (secondary N) is 1. The Kier molecular flexibility index (Phi) is 5.62. The van der Waals surface area contributed by atoms with Crippen LogP contribution in [0, 0.1) is 17.0 Å². The highest BCUT2D eigenvalue weighted by Gasteiger charge is 2.13. The molecule has 1 N–H and O–H groups in total. The van der Waals surface area contributed by atoms with Crippen molar-refractivity contribution in [2.45, 2.75) is 13.5 Å². The summed E-state index contributed by atoms with van der Waals surface area (Å²) in [5.41, 5.74) is 1.52. The summed E-state index contributed by atoms with van der Waals surface area (Å²) in [5, 5.41) is 13.4. The normalized spacial score (nSPS) is 9.96. The molecule has 2 aromatic carbocycles. The summed E-state index contributed by atoms with van der Waals surface area (Å²) in [7, 11) is 0. The monoisotopic (exact) mass is 340 g/mol. The molecule has 0 aliphatic heterocycles. The van der Waals surface area contributed by atoms with E-state index in [-0.39, 0.29) is 17.3 Å². The maximum Gasteiger partial charge on any atom is 0.343 e. The molecule has 0 spiro atoms. The van der Waals surface area contributed by atoms with Crippen molar-refractivity contribution in [1.29, 1.82) is 0 Å². The van der Waals surface area contributed by atoms with Crippen LogP contribution in [0.2, 0.25) is 0 Å². The van der Waals surface area contributed by atoms with Gasteiger partial charge >= 0.3 is 5.97 Å². The van der Waals surface area contributed by atoms with Crippen molar-refractivity contribution in [2.24, 2.45) is 0 Å². The lowest BCUT2D eigenvalue weighted by Gasteiger charge is -2.07. The number of carbonyl (C=O) groups excluding carboxylic acids is 2. The van der Waals surface area contributed by atoms with Gasteiger partial charge in [0, 0.05) is 18.2 Å². The summed E-state index contributed by atoms with van der Waals surface area (Å²) in [6.45, 7) is 5.25. The van der Waals surface area contributed by atoms with E-state index in [1.165, 1.54) is 24.3 Å². The van der Waals surface area contributed by atoms with Gasteiger partial charge in [-0.15, -0.1) is 0 Å². The molecule has 7 nitrogen and oxygen atoms in total. The molecule has 0 aliphatic rings. The van der Waals surface area contributed by atoms with Gasteiger partial charge < -0.3 is 10.1 Å². The Morgan fingerprint density at radius 3 is 2.48 bits per heavy atom. The molecular formula is C18H16N2O5. The number of amides is 1. The lowest BCUT2D eigenvalue weighted by atomic mass is 10.1. The first kappa shape index (κ1) is 17.9. The van der Waals surface area contributed by atoms with Crippen LogP contribution in [0.3, 0.4) is 0 Å². The summed E-state index contributed by atoms with van der Waals surface area (Å²) in [6.07, 6.45) is 1.18. The first-order valence-corrected chi connectivity index (χ1v) is 7.37. The Balaban J connectivity index is 2.03. The van der Waals surface area contributed by atoms with Crippen molar-refractivity contribution in [2.75, 3.05) is 0 Å². The zero-order chi connectivity index (χ0) is 18.4. The van der Waals surface area contributed by atoms with E-state index in [2.05, 4.69) is 11.9 Å². The van der Waals surface area contributed by atoms with E-state index in [1.807, 2.05) is 0 Å². The molecule has 0 atom stereocenters. The maximum atomic E-state index is 12.1. The fourth-order valence-electron chi connectivity index (χ4n) is 2.08. The third-order valence-electron chi connectivity index (χ3n) is 3.42. The number of nitrogens with zero attached hydrogens (tertiary/aromatic N) is 1. The second-order valence-electron chi connectivity index (χ2n) is 5.21. The minimum absolute atomic E-state index is 0.0364. The van der Waals surface area contributed by atoms with Crippen LogP contribution in [-0.2, 0) is 11.3 Å². The third kappa shape index (κ3) is 4.74. The van der Waals surface area contributed by atoms with E-state index in [1.54, 1.807) is 31.2 Å². The standard InChI is InChI=1S/C18H16N2O5/c1-3-17(21)19-11-13-4-6-14(7-5-13)18(22)25-15-8-9-16(20(23)24)12(2)10-15/h3-10H,1,11H2,2H3,(H,19,21). The molecule has 0 aliphatic carbocycles. The lowest BCUT2D eigenvalue weighted by molar-refractivity contribution is -0.385. The second-order valence-corrected chi connectivity index (χ2v) is 5.21. The summed E-state index contributed by atoms with van der Waals surface area (Å²) < 4.78 is 5.23. The predicted molar refractivity (Wildman–Crippen MR) is 91.3 cm³/mol. The van der Waals surface area contributed by atoms with E-state index in [0.29, 0.717) is 17.7 Å². The van der Waals surface area contributed by atoms with Gasteiger partial charge in [-0.1, -0.05) is 18.7 Å². The number of esters is 1. The van der Waals surface area contributed by atoms with E-state index < -0.39 is 10.9 Å². The average molecular weight is 340 g/mol. The number of benzene rings is 2. The van der Waals surface area contributed by atoms with Crippen LogP contribution in [0.5, 0.6) is 5.75 Å². The Hall–Kier alpha value is -3.48. The molecule has 0 radical (unpaired) electrons. The highest BCUT2D eigenvalue weighted by molar-refractivity contribution is 5.91. The van der Waals surface area contributed by atoms with Gasteiger partial charge in [0.15, 0.2) is 0 Å². The first-order valence-electron chi connectivity index (χ1n) is 7.37. The van der Waals surface area contributed by atoms with Crippen LogP contribution in [0.1, 0.15) is 21.5 Å². The molecule has 0 unspecified atom stereocenters. The zero-order valence-electron chi connectivity index (χ0n) is 13.5. The summed E-state index contributed by atoms with van der Waals surface area (Å²) in [4.78, 5) is 33.5. The van der Waals surface area contributed by atoms with Crippen molar-refractivity contribution >= 4 is 17.6 Å². The average Bonchev–Trinajstić information content (AvgIpc) is 2.59. The topological polar surface area (TPSA) is 98.5 Å². The molecule has 0 fully saturated rings. The quantitative estimate of drug-likeness (QED) is 0.287. The smallest absolute Gasteiger partial charge is 0.343 e. The highest BCUT2D eigenvalue weighted by Crippen LogP contribution is 2.23. The van der Waals surface area contributed by atoms with Crippen molar-refractivity contribution in [1.82, 2.24) is 5.32 Å². The van der Waals surface area contributed by atoms with Crippen LogP contribution in [0.15, 0.2) is 55.1 Å². The van der Waals surface area contributed by atoms with Crippen molar-refractivity contribution < 1.29 is 19.2 Å². The number of carbonyl (C=O) groups is 2. The number of hydrogen-bond donors (Lipinski definition) is 1. The molecule has 25 heavy (non-hydrogen) atoms. The van der Waals surface area contributed by atoms with Crippen LogP contribution in [-0.4, -0.2) is 16.8 Å². The molecule has 0 saturated carbocycles. The van der Waals surface area contributed by atoms with Gasteiger partial charge in [-0.3, -0.25) is 14.9 Å². The Morgan fingerprint density at radius 1 is 1.24 bits per heavy atom. The van der Waals surface area contributed by atoms with Gasteiger partial charge in [0.25, 0.3) is 5.69 Å². The number of hydrogen-bond acceptors (Lipinski definition) is 5. The molecule has 0 aromatic heterocycles. The van der Waals surface area contributed by atoms with Gasteiger partial charge in [0.05, 0.1) is 10.5 Å². The van der Waals surface area contributed by atoms with Gasteiger partial charge in [0.1, 0.15) is 5.75 Å². The molecule has 2 aromatic rings. The fourth-order valence-corrected chi connectivity index (χ4v) is 2.08. The molecule has 0 bridgehead atoms. The maximum absolute atomic E-state index is 12.1. The van der Waals surface area contributed by atoms with Crippen LogP contribution in [0.25, 0.3) is 0 Å². The molecule has 1 amide bonds. The van der Waals surface area contributed by atoms with Crippen LogP contribution >= 0.6 is 0 Å². The number of aryl methyl sites for hydroxylation is 1. The number of nitro groups is 1. The lowest BCUT2D eigenvalue weighted by Crippen LogP contribution is -2.20. The second kappa shape index (κ2) is 7.87. The highest BCUT2D eigenvalue weighted by atomic mass is 16.6. The van der Waals surface area contributed by atoms with Gasteiger partial charge in [-0.05, 0) is 42.8 Å². The molecule has 7 heteroatoms. The zero-order valence-corrected chi connectivity index (χ0v) is 13.5. The number of rotatable bonds is 6. The first-order chi connectivity index (χ1) is 11.9. The van der Waals surface area contributed by atoms with Crippen LogP contribution in [0.4, 0.5) is 5.69 Å². The third-order valence-corrected chi connectivity index (χ3v) is 3.42. The van der Waals surface area contributed by atoms with Crippen molar-refractivity contribution in [3.05, 3.63) is 81.9 Å². The van der Waals surface area contributed by atoms with Gasteiger partial charge in [-0.25, -0.2) is 4.79 Å². The van der Waals surface area contributed by atoms with Gasteiger partial charge in [0.2, 0.25) is 5.91 Å². The Morgan fingerprint density at radius 2 is 1.92 bits per heavy atom. The van der Waals surface area contributed by atoms with Crippen molar-refractivity contribution in [3.63, 3.8) is 0 Å². The predicted octanol–water partition coefficient (Wildman–Crippen LogP) is 2.92. The minimum Gasteiger partial charge on any atom is -0.423 e. The largest absolute Gasteiger partial charge is 0.423 e. The van der Waals surface area contributed by atoms with E-state index >= 15 is 0 Å². The molecule has 0 heterocycles. The molecular weight excluding hydrogens is 324 g/mol. The Labute approximate surface area is 144 Å². The van der Waals surface area contributed by atoms with Crippen LogP contribution < -0.4 is 10.1 Å². The Bertz CT molecular complexity index is 828. The summed E-state index contributed by atoms with van der Waals surface area (Å²) in [6, 6.07) is 10.7.